The number of amides is 2. The molecule has 29 heavy (non-hydrogen) atoms. The Balaban J connectivity index is 1.63. The predicted octanol–water partition coefficient (Wildman–Crippen LogP) is 3.78. The van der Waals surface area contributed by atoms with Gasteiger partial charge in [0, 0.05) is 43.8 Å². The van der Waals surface area contributed by atoms with E-state index in [-0.39, 0.29) is 18.0 Å². The normalized spacial score (nSPS) is 14.3. The van der Waals surface area contributed by atoms with Gasteiger partial charge in [0.15, 0.2) is 0 Å². The number of likely N-dealkylation sites (tertiary alicyclic amines) is 1. The average molecular weight is 396 g/mol. The average Bonchev–Trinajstić information content (AvgIpc) is 2.76. The van der Waals surface area contributed by atoms with Gasteiger partial charge in [0.1, 0.15) is 0 Å². The zero-order valence-corrected chi connectivity index (χ0v) is 17.0. The van der Waals surface area contributed by atoms with Crippen molar-refractivity contribution in [3.05, 3.63) is 54.4 Å². The van der Waals surface area contributed by atoms with Crippen molar-refractivity contribution >= 4 is 23.4 Å². The molecule has 1 fully saturated rings. The maximum absolute atomic E-state index is 13.0. The molecule has 1 N–H and O–H groups in total. The molecule has 2 aromatic rings. The fourth-order valence-electron chi connectivity index (χ4n) is 3.50. The number of piperidine rings is 1. The number of ether oxygens (including phenoxy) is 1. The van der Waals surface area contributed by atoms with Crippen molar-refractivity contribution in [2.45, 2.75) is 32.7 Å². The lowest BCUT2D eigenvalue weighted by atomic mass is 10.0. The number of carbonyl (C=O) groups is 2. The third kappa shape index (κ3) is 5.25. The molecular formula is C22H28N4O3. The second-order valence-corrected chi connectivity index (χ2v) is 6.95. The molecule has 1 aliphatic rings. The lowest BCUT2D eigenvalue weighted by molar-refractivity contribution is 0.0976. The van der Waals surface area contributed by atoms with Crippen molar-refractivity contribution in [3.8, 4) is 0 Å². The van der Waals surface area contributed by atoms with Crippen LogP contribution in [0, 0.1) is 0 Å². The smallest absolute Gasteiger partial charge is 0.409 e. The van der Waals surface area contributed by atoms with Crippen molar-refractivity contribution in [2.75, 3.05) is 36.5 Å². The molecule has 0 radical (unpaired) electrons. The molecule has 3 rings (SSSR count). The topological polar surface area (TPSA) is 74.8 Å². The second-order valence-electron chi connectivity index (χ2n) is 6.95. The molecule has 2 amide bonds. The SMILES string of the molecule is CCOC(=O)N1CCC(Nc2cncc(C(=O)N(CC)c3ccccc3)c2)CC1. The summed E-state index contributed by atoms with van der Waals surface area (Å²) < 4.78 is 5.06. The van der Waals surface area contributed by atoms with Gasteiger partial charge in [-0.3, -0.25) is 9.78 Å². The monoisotopic (exact) mass is 396 g/mol. The summed E-state index contributed by atoms with van der Waals surface area (Å²) in [5.74, 6) is -0.0769. The summed E-state index contributed by atoms with van der Waals surface area (Å²) in [5, 5.41) is 3.45. The third-order valence-electron chi connectivity index (χ3n) is 5.01. The van der Waals surface area contributed by atoms with Crippen LogP contribution in [0.5, 0.6) is 0 Å². The van der Waals surface area contributed by atoms with Crippen LogP contribution in [-0.2, 0) is 4.74 Å². The van der Waals surface area contributed by atoms with Gasteiger partial charge in [-0.25, -0.2) is 4.79 Å². The van der Waals surface area contributed by atoms with Crippen molar-refractivity contribution in [1.82, 2.24) is 9.88 Å². The molecule has 1 saturated heterocycles. The molecule has 1 aromatic heterocycles. The van der Waals surface area contributed by atoms with Crippen LogP contribution in [0.4, 0.5) is 16.2 Å². The molecule has 0 unspecified atom stereocenters. The van der Waals surface area contributed by atoms with E-state index < -0.39 is 0 Å². The number of pyridine rings is 1. The fraction of sp³-hybridized carbons (Fsp3) is 0.409. The first-order valence-corrected chi connectivity index (χ1v) is 10.1. The Morgan fingerprint density at radius 1 is 1.17 bits per heavy atom. The minimum Gasteiger partial charge on any atom is -0.450 e. The summed E-state index contributed by atoms with van der Waals surface area (Å²) in [6.07, 6.45) is 4.72. The first-order valence-electron chi connectivity index (χ1n) is 10.1. The standard InChI is InChI=1S/C22H28N4O3/c1-3-26(20-8-6-5-7-9-20)21(27)17-14-19(16-23-15-17)24-18-10-12-25(13-11-18)22(28)29-4-2/h5-9,14-16,18,24H,3-4,10-13H2,1-2H3. The van der Waals surface area contributed by atoms with Gasteiger partial charge in [-0.1, -0.05) is 18.2 Å². The largest absolute Gasteiger partial charge is 0.450 e. The summed E-state index contributed by atoms with van der Waals surface area (Å²) in [6.45, 7) is 6.04. The predicted molar refractivity (Wildman–Crippen MR) is 113 cm³/mol. The first kappa shape index (κ1) is 20.6. The third-order valence-corrected chi connectivity index (χ3v) is 5.01. The Labute approximate surface area is 171 Å². The molecule has 0 atom stereocenters. The Kier molecular flexibility index (Phi) is 7.05. The van der Waals surface area contributed by atoms with Gasteiger partial charge in [0.05, 0.1) is 17.9 Å². The van der Waals surface area contributed by atoms with Crippen LogP contribution in [0.25, 0.3) is 0 Å². The van der Waals surface area contributed by atoms with Crippen molar-refractivity contribution in [3.63, 3.8) is 0 Å². The highest BCUT2D eigenvalue weighted by Gasteiger charge is 2.24. The molecular weight excluding hydrogens is 368 g/mol. The van der Waals surface area contributed by atoms with E-state index in [2.05, 4.69) is 10.3 Å². The molecule has 0 spiro atoms. The molecule has 154 valence electrons. The molecule has 1 aromatic carbocycles. The highest BCUT2D eigenvalue weighted by Crippen LogP contribution is 2.20. The first-order chi connectivity index (χ1) is 14.1. The van der Waals surface area contributed by atoms with E-state index in [0.717, 1.165) is 24.2 Å². The number of aromatic nitrogens is 1. The number of benzene rings is 1. The van der Waals surface area contributed by atoms with Crippen molar-refractivity contribution in [1.29, 1.82) is 0 Å². The Morgan fingerprint density at radius 2 is 1.90 bits per heavy atom. The Bertz CT molecular complexity index is 820. The van der Waals surface area contributed by atoms with E-state index >= 15 is 0 Å². The van der Waals surface area contributed by atoms with E-state index in [0.29, 0.717) is 31.8 Å². The number of carbonyl (C=O) groups excluding carboxylic acids is 2. The Hall–Kier alpha value is -3.09. The number of nitrogens with zero attached hydrogens (tertiary/aromatic N) is 3. The van der Waals surface area contributed by atoms with Crippen LogP contribution in [0.3, 0.4) is 0 Å². The summed E-state index contributed by atoms with van der Waals surface area (Å²) in [5.41, 5.74) is 2.23. The molecule has 2 heterocycles. The summed E-state index contributed by atoms with van der Waals surface area (Å²) >= 11 is 0. The quantitative estimate of drug-likeness (QED) is 0.804. The van der Waals surface area contributed by atoms with Gasteiger partial charge in [-0.15, -0.1) is 0 Å². The number of hydrogen-bond acceptors (Lipinski definition) is 5. The highest BCUT2D eigenvalue weighted by molar-refractivity contribution is 6.06. The highest BCUT2D eigenvalue weighted by atomic mass is 16.6. The number of rotatable bonds is 6. The van der Waals surface area contributed by atoms with Crippen LogP contribution in [-0.4, -0.2) is 54.2 Å². The van der Waals surface area contributed by atoms with Crippen LogP contribution >= 0.6 is 0 Å². The van der Waals surface area contributed by atoms with Gasteiger partial charge < -0.3 is 19.9 Å². The van der Waals surface area contributed by atoms with Crippen LogP contribution < -0.4 is 10.2 Å². The van der Waals surface area contributed by atoms with Crippen molar-refractivity contribution in [2.24, 2.45) is 0 Å². The number of anilines is 2. The Morgan fingerprint density at radius 3 is 2.55 bits per heavy atom. The maximum atomic E-state index is 13.0. The van der Waals surface area contributed by atoms with Gasteiger partial charge in [0.2, 0.25) is 0 Å². The maximum Gasteiger partial charge on any atom is 0.409 e. The van der Waals surface area contributed by atoms with Crippen LogP contribution in [0.2, 0.25) is 0 Å². The summed E-state index contributed by atoms with van der Waals surface area (Å²) in [6, 6.07) is 11.7. The van der Waals surface area contributed by atoms with Gasteiger partial charge in [-0.2, -0.15) is 0 Å². The molecule has 1 aliphatic heterocycles. The molecule has 0 bridgehead atoms. The van der Waals surface area contributed by atoms with Gasteiger partial charge in [-0.05, 0) is 44.9 Å². The number of para-hydroxylation sites is 1. The van der Waals surface area contributed by atoms with E-state index in [1.54, 1.807) is 22.2 Å². The van der Waals surface area contributed by atoms with E-state index in [1.807, 2.05) is 50.2 Å². The molecule has 7 heteroatoms. The van der Waals surface area contributed by atoms with Gasteiger partial charge >= 0.3 is 6.09 Å². The summed E-state index contributed by atoms with van der Waals surface area (Å²) in [7, 11) is 0. The lowest BCUT2D eigenvalue weighted by Crippen LogP contribution is -2.42. The van der Waals surface area contributed by atoms with Crippen molar-refractivity contribution < 1.29 is 14.3 Å². The lowest BCUT2D eigenvalue weighted by Gasteiger charge is -2.32. The van der Waals surface area contributed by atoms with E-state index in [1.165, 1.54) is 0 Å². The minimum atomic E-state index is -0.249. The zero-order valence-electron chi connectivity index (χ0n) is 17.0. The number of nitrogens with one attached hydrogen (secondary N) is 1. The van der Waals surface area contributed by atoms with Crippen LogP contribution in [0.1, 0.15) is 37.0 Å². The number of hydrogen-bond donors (Lipinski definition) is 1. The zero-order chi connectivity index (χ0) is 20.6. The molecule has 0 aliphatic carbocycles. The van der Waals surface area contributed by atoms with E-state index in [4.69, 9.17) is 4.74 Å². The minimum absolute atomic E-state index is 0.0769. The van der Waals surface area contributed by atoms with Gasteiger partial charge in [0.25, 0.3) is 5.91 Å². The molecule has 0 saturated carbocycles. The van der Waals surface area contributed by atoms with Crippen LogP contribution in [0.15, 0.2) is 48.8 Å². The second kappa shape index (κ2) is 9.91. The summed E-state index contributed by atoms with van der Waals surface area (Å²) in [4.78, 5) is 32.5. The van der Waals surface area contributed by atoms with E-state index in [9.17, 15) is 9.59 Å². The fourth-order valence-corrected chi connectivity index (χ4v) is 3.50. The molecule has 7 nitrogen and oxygen atoms in total.